The standard InChI is InChI=1S/C25H42N2O6/c1-8-10-16(6)26-21(29)20-25-12-15(5)24(7,33-25)19(23(31)32-9-2)18(25)22(30)27(20)17(13-28)11-14(3)4/h14-20,28H,8-13H2,1-7H3,(H,26,29)/t15?,16?,17-,18+,19-,20?,24+,25?/m1/s1. The molecule has 188 valence electrons. The topological polar surface area (TPSA) is 105 Å². The lowest BCUT2D eigenvalue weighted by Gasteiger charge is -2.38. The molecule has 3 saturated heterocycles. The van der Waals surface area contributed by atoms with Crippen LogP contribution in [0.1, 0.15) is 74.1 Å². The molecule has 8 nitrogen and oxygen atoms in total. The van der Waals surface area contributed by atoms with Gasteiger partial charge in [-0.3, -0.25) is 14.4 Å². The summed E-state index contributed by atoms with van der Waals surface area (Å²) in [4.78, 5) is 42.4. The van der Waals surface area contributed by atoms with Gasteiger partial charge in [-0.25, -0.2) is 0 Å². The molecule has 2 bridgehead atoms. The first-order valence-electron chi connectivity index (χ1n) is 12.6. The van der Waals surface area contributed by atoms with Gasteiger partial charge in [0.1, 0.15) is 17.6 Å². The molecule has 0 saturated carbocycles. The summed E-state index contributed by atoms with van der Waals surface area (Å²) in [5.74, 6) is -2.39. The highest BCUT2D eigenvalue weighted by Gasteiger charge is 2.80. The predicted octanol–water partition coefficient (Wildman–Crippen LogP) is 2.27. The van der Waals surface area contributed by atoms with E-state index in [1.54, 1.807) is 11.8 Å². The van der Waals surface area contributed by atoms with Gasteiger partial charge in [-0.15, -0.1) is 0 Å². The van der Waals surface area contributed by atoms with Gasteiger partial charge in [-0.05, 0) is 51.9 Å². The zero-order valence-electron chi connectivity index (χ0n) is 21.2. The number of fused-ring (bicyclic) bond motifs is 1. The Balaban J connectivity index is 2.10. The van der Waals surface area contributed by atoms with Crippen molar-refractivity contribution in [1.82, 2.24) is 10.2 Å². The number of aliphatic hydroxyl groups excluding tert-OH is 1. The fourth-order valence-corrected chi connectivity index (χ4v) is 6.61. The molecule has 0 aromatic heterocycles. The van der Waals surface area contributed by atoms with E-state index in [1.807, 2.05) is 34.6 Å². The Labute approximate surface area is 197 Å². The van der Waals surface area contributed by atoms with Crippen LogP contribution < -0.4 is 5.32 Å². The van der Waals surface area contributed by atoms with Crippen molar-refractivity contribution in [2.45, 2.75) is 103 Å². The molecule has 0 aliphatic carbocycles. The number of carbonyl (C=O) groups excluding carboxylic acids is 3. The molecule has 8 heteroatoms. The molecule has 33 heavy (non-hydrogen) atoms. The van der Waals surface area contributed by atoms with Crippen LogP contribution in [0.5, 0.6) is 0 Å². The smallest absolute Gasteiger partial charge is 0.312 e. The number of ether oxygens (including phenoxy) is 2. The molecule has 8 atom stereocenters. The number of hydrogen-bond donors (Lipinski definition) is 2. The molecule has 0 radical (unpaired) electrons. The third kappa shape index (κ3) is 4.07. The highest BCUT2D eigenvalue weighted by molar-refractivity contribution is 5.98. The number of aliphatic hydroxyl groups is 1. The molecule has 3 aliphatic rings. The van der Waals surface area contributed by atoms with Crippen molar-refractivity contribution >= 4 is 17.8 Å². The summed E-state index contributed by atoms with van der Waals surface area (Å²) in [7, 11) is 0. The van der Waals surface area contributed by atoms with Crippen molar-refractivity contribution in [3.05, 3.63) is 0 Å². The van der Waals surface area contributed by atoms with Crippen molar-refractivity contribution in [1.29, 1.82) is 0 Å². The normalized spacial score (nSPS) is 36.8. The van der Waals surface area contributed by atoms with Gasteiger partial charge in [0.15, 0.2) is 0 Å². The first-order valence-corrected chi connectivity index (χ1v) is 12.6. The van der Waals surface area contributed by atoms with Crippen molar-refractivity contribution in [2.75, 3.05) is 13.2 Å². The maximum Gasteiger partial charge on any atom is 0.312 e. The van der Waals surface area contributed by atoms with Crippen LogP contribution in [-0.4, -0.2) is 70.3 Å². The summed E-state index contributed by atoms with van der Waals surface area (Å²) in [6.45, 7) is 13.6. The SMILES string of the molecule is CCCC(C)NC(=O)C1N([C@@H](CO)CC(C)C)C(=O)[C@@H]2[C@H](C(=O)OCC)[C@@]3(C)OC12CC3C. The largest absolute Gasteiger partial charge is 0.466 e. The first-order chi connectivity index (χ1) is 15.5. The van der Waals surface area contributed by atoms with Gasteiger partial charge >= 0.3 is 5.97 Å². The van der Waals surface area contributed by atoms with Crippen LogP contribution in [0.4, 0.5) is 0 Å². The number of rotatable bonds is 10. The summed E-state index contributed by atoms with van der Waals surface area (Å²) in [5, 5.41) is 13.3. The van der Waals surface area contributed by atoms with Crippen LogP contribution in [0.15, 0.2) is 0 Å². The highest BCUT2D eigenvalue weighted by atomic mass is 16.6. The van der Waals surface area contributed by atoms with Crippen LogP contribution in [0.25, 0.3) is 0 Å². The van der Waals surface area contributed by atoms with Gasteiger partial charge in [0.05, 0.1) is 30.8 Å². The summed E-state index contributed by atoms with van der Waals surface area (Å²) < 4.78 is 12.0. The Morgan fingerprint density at radius 1 is 1.30 bits per heavy atom. The summed E-state index contributed by atoms with van der Waals surface area (Å²) in [5.41, 5.74) is -1.98. The van der Waals surface area contributed by atoms with E-state index >= 15 is 0 Å². The minimum absolute atomic E-state index is 0.0306. The summed E-state index contributed by atoms with van der Waals surface area (Å²) in [6, 6.07) is -1.47. The number of nitrogens with zero attached hydrogens (tertiary/aromatic N) is 1. The Hall–Kier alpha value is -1.67. The van der Waals surface area contributed by atoms with Crippen LogP contribution in [0.3, 0.4) is 0 Å². The van der Waals surface area contributed by atoms with E-state index in [-0.39, 0.29) is 42.9 Å². The van der Waals surface area contributed by atoms with E-state index in [4.69, 9.17) is 9.47 Å². The molecule has 3 aliphatic heterocycles. The molecule has 3 rings (SSSR count). The van der Waals surface area contributed by atoms with Crippen LogP contribution in [0, 0.1) is 23.7 Å². The molecular formula is C25H42N2O6. The van der Waals surface area contributed by atoms with E-state index in [2.05, 4.69) is 12.2 Å². The van der Waals surface area contributed by atoms with E-state index < -0.39 is 41.1 Å². The van der Waals surface area contributed by atoms with Crippen molar-refractivity contribution in [3.8, 4) is 0 Å². The fraction of sp³-hybridized carbons (Fsp3) is 0.880. The first kappa shape index (κ1) is 25.9. The van der Waals surface area contributed by atoms with Crippen LogP contribution in [-0.2, 0) is 23.9 Å². The number of nitrogens with one attached hydrogen (secondary N) is 1. The summed E-state index contributed by atoms with van der Waals surface area (Å²) >= 11 is 0. The molecule has 0 aromatic rings. The molecule has 0 aromatic carbocycles. The van der Waals surface area contributed by atoms with Gasteiger partial charge in [-0.2, -0.15) is 0 Å². The number of hydrogen-bond acceptors (Lipinski definition) is 6. The van der Waals surface area contributed by atoms with Crippen molar-refractivity contribution in [2.24, 2.45) is 23.7 Å². The molecular weight excluding hydrogens is 424 g/mol. The average Bonchev–Trinajstić information content (AvgIpc) is 3.23. The zero-order chi connectivity index (χ0) is 24.7. The number of carbonyl (C=O) groups is 3. The molecule has 2 amide bonds. The third-order valence-corrected chi connectivity index (χ3v) is 8.00. The molecule has 3 heterocycles. The Morgan fingerprint density at radius 2 is 1.97 bits per heavy atom. The molecule has 1 spiro atoms. The third-order valence-electron chi connectivity index (χ3n) is 8.00. The minimum Gasteiger partial charge on any atom is -0.466 e. The second-order valence-corrected chi connectivity index (χ2v) is 10.9. The Bertz CT molecular complexity index is 772. The summed E-state index contributed by atoms with van der Waals surface area (Å²) in [6.07, 6.45) is 2.80. The number of esters is 1. The van der Waals surface area contributed by atoms with E-state index in [1.165, 1.54) is 0 Å². The molecule has 2 N–H and O–H groups in total. The number of amides is 2. The van der Waals surface area contributed by atoms with Crippen molar-refractivity contribution in [3.63, 3.8) is 0 Å². The van der Waals surface area contributed by atoms with Gasteiger partial charge in [0, 0.05) is 6.04 Å². The maximum atomic E-state index is 14.0. The Kier molecular flexibility index (Phi) is 7.49. The lowest BCUT2D eigenvalue weighted by molar-refractivity contribution is -0.162. The predicted molar refractivity (Wildman–Crippen MR) is 123 cm³/mol. The Morgan fingerprint density at radius 3 is 2.52 bits per heavy atom. The van der Waals surface area contributed by atoms with Gasteiger partial charge in [0.25, 0.3) is 0 Å². The fourth-order valence-electron chi connectivity index (χ4n) is 6.61. The second kappa shape index (κ2) is 9.53. The molecule has 3 fully saturated rings. The highest BCUT2D eigenvalue weighted by Crippen LogP contribution is 2.65. The minimum atomic E-state index is -1.11. The van der Waals surface area contributed by atoms with E-state index in [0.717, 1.165) is 12.8 Å². The van der Waals surface area contributed by atoms with Gasteiger partial charge < -0.3 is 24.8 Å². The van der Waals surface area contributed by atoms with Crippen molar-refractivity contribution < 1.29 is 29.0 Å². The van der Waals surface area contributed by atoms with E-state index in [9.17, 15) is 19.5 Å². The zero-order valence-corrected chi connectivity index (χ0v) is 21.2. The quantitative estimate of drug-likeness (QED) is 0.479. The lowest BCUT2D eigenvalue weighted by Crippen LogP contribution is -2.59. The lowest BCUT2D eigenvalue weighted by atomic mass is 9.62. The number of likely N-dealkylation sites (tertiary alicyclic amines) is 1. The average molecular weight is 467 g/mol. The van der Waals surface area contributed by atoms with Crippen LogP contribution >= 0.6 is 0 Å². The monoisotopic (exact) mass is 466 g/mol. The second-order valence-electron chi connectivity index (χ2n) is 10.9. The van der Waals surface area contributed by atoms with Gasteiger partial charge in [0.2, 0.25) is 11.8 Å². The van der Waals surface area contributed by atoms with Crippen LogP contribution in [0.2, 0.25) is 0 Å². The molecule has 4 unspecified atom stereocenters. The van der Waals surface area contributed by atoms with Gasteiger partial charge in [-0.1, -0.05) is 34.1 Å². The van der Waals surface area contributed by atoms with E-state index in [0.29, 0.717) is 12.8 Å². The maximum absolute atomic E-state index is 14.0.